The molecule has 0 aromatic carbocycles. The van der Waals surface area contributed by atoms with Gasteiger partial charge in [0.15, 0.2) is 0 Å². The van der Waals surface area contributed by atoms with Gasteiger partial charge in [-0.15, -0.1) is 0 Å². The van der Waals surface area contributed by atoms with E-state index in [1.54, 1.807) is 0 Å². The second-order valence-electron chi connectivity index (χ2n) is 5.36. The summed E-state index contributed by atoms with van der Waals surface area (Å²) in [7, 11) is 4.30. The van der Waals surface area contributed by atoms with E-state index in [4.69, 9.17) is 0 Å². The highest BCUT2D eigenvalue weighted by molar-refractivity contribution is 4.74. The molecule has 0 heterocycles. The van der Waals surface area contributed by atoms with Gasteiger partial charge in [-0.05, 0) is 53.0 Å². The first kappa shape index (κ1) is 16.9. The Morgan fingerprint density at radius 3 is 2.12 bits per heavy atom. The van der Waals surface area contributed by atoms with Crippen LogP contribution in [-0.2, 0) is 0 Å². The zero-order valence-corrected chi connectivity index (χ0v) is 12.8. The lowest BCUT2D eigenvalue weighted by Crippen LogP contribution is -2.44. The highest BCUT2D eigenvalue weighted by atomic mass is 15.2. The number of likely N-dealkylation sites (N-methyl/N-ethyl adjacent to an activating group) is 1. The Hall–Kier alpha value is -0.120. The maximum Gasteiger partial charge on any atom is 0.0112 e. The highest BCUT2D eigenvalue weighted by Crippen LogP contribution is 2.10. The van der Waals surface area contributed by atoms with E-state index in [9.17, 15) is 0 Å². The van der Waals surface area contributed by atoms with Crippen molar-refractivity contribution in [2.75, 3.05) is 46.8 Å². The normalized spacial score (nSPS) is 15.5. The molecular weight excluding hydrogens is 210 g/mol. The molecule has 3 nitrogen and oxygen atoms in total. The molecule has 0 aliphatic carbocycles. The van der Waals surface area contributed by atoms with Crippen LogP contribution in [0.2, 0.25) is 0 Å². The van der Waals surface area contributed by atoms with Gasteiger partial charge in [-0.25, -0.2) is 0 Å². The van der Waals surface area contributed by atoms with Crippen LogP contribution >= 0.6 is 0 Å². The summed E-state index contributed by atoms with van der Waals surface area (Å²) in [6.07, 6.45) is 1.24. The third-order valence-electron chi connectivity index (χ3n) is 3.46. The molecule has 0 bridgehead atoms. The van der Waals surface area contributed by atoms with E-state index in [1.165, 1.54) is 19.5 Å². The number of hydrogen-bond donors (Lipinski definition) is 1. The monoisotopic (exact) mass is 243 g/mol. The summed E-state index contributed by atoms with van der Waals surface area (Å²) in [5.74, 6) is 0.712. The molecular formula is C14H33N3. The zero-order valence-electron chi connectivity index (χ0n) is 12.8. The van der Waals surface area contributed by atoms with Crippen LogP contribution in [0.5, 0.6) is 0 Å². The van der Waals surface area contributed by atoms with Crippen molar-refractivity contribution < 1.29 is 0 Å². The van der Waals surface area contributed by atoms with Gasteiger partial charge in [0, 0.05) is 19.1 Å². The summed E-state index contributed by atoms with van der Waals surface area (Å²) in [6, 6.07) is 0.661. The van der Waals surface area contributed by atoms with Gasteiger partial charge in [0.05, 0.1) is 0 Å². The quantitative estimate of drug-likeness (QED) is 0.632. The Kier molecular flexibility index (Phi) is 9.79. The van der Waals surface area contributed by atoms with Gasteiger partial charge in [0.1, 0.15) is 0 Å². The molecule has 17 heavy (non-hydrogen) atoms. The SMILES string of the molecule is CCCN(CCN(C)C)C(C)C(C)CNCC. The lowest BCUT2D eigenvalue weighted by atomic mass is 10.0. The fourth-order valence-corrected chi connectivity index (χ4v) is 2.04. The first-order valence-electron chi connectivity index (χ1n) is 7.12. The Morgan fingerprint density at radius 2 is 1.65 bits per heavy atom. The topological polar surface area (TPSA) is 18.5 Å². The minimum Gasteiger partial charge on any atom is -0.317 e. The minimum atomic E-state index is 0.661. The molecule has 3 heteroatoms. The van der Waals surface area contributed by atoms with E-state index in [1.807, 2.05) is 0 Å². The van der Waals surface area contributed by atoms with Crippen LogP contribution in [0.1, 0.15) is 34.1 Å². The molecule has 0 aromatic rings. The van der Waals surface area contributed by atoms with Crippen LogP contribution in [0.15, 0.2) is 0 Å². The molecule has 0 aliphatic rings. The van der Waals surface area contributed by atoms with E-state index in [0.29, 0.717) is 12.0 Å². The third-order valence-corrected chi connectivity index (χ3v) is 3.46. The van der Waals surface area contributed by atoms with Gasteiger partial charge in [-0.1, -0.05) is 20.8 Å². The summed E-state index contributed by atoms with van der Waals surface area (Å²) in [6.45, 7) is 14.9. The second kappa shape index (κ2) is 9.86. The standard InChI is InChI=1S/C14H33N3/c1-7-9-17(11-10-16(5)6)14(4)13(3)12-15-8-2/h13-15H,7-12H2,1-6H3. The van der Waals surface area contributed by atoms with Crippen LogP contribution in [0.25, 0.3) is 0 Å². The minimum absolute atomic E-state index is 0.661. The average Bonchev–Trinajstić information content (AvgIpc) is 2.30. The van der Waals surface area contributed by atoms with Gasteiger partial charge in [-0.3, -0.25) is 4.90 Å². The molecule has 0 fully saturated rings. The van der Waals surface area contributed by atoms with Gasteiger partial charge < -0.3 is 10.2 Å². The molecule has 0 amide bonds. The fourth-order valence-electron chi connectivity index (χ4n) is 2.04. The van der Waals surface area contributed by atoms with Crippen LogP contribution < -0.4 is 5.32 Å². The second-order valence-corrected chi connectivity index (χ2v) is 5.36. The number of rotatable bonds is 10. The van der Waals surface area contributed by atoms with Crippen LogP contribution in [-0.4, -0.2) is 62.7 Å². The van der Waals surface area contributed by atoms with Crippen molar-refractivity contribution in [2.45, 2.75) is 40.2 Å². The van der Waals surface area contributed by atoms with Gasteiger partial charge in [-0.2, -0.15) is 0 Å². The molecule has 0 spiro atoms. The Labute approximate surface area is 109 Å². The highest BCUT2D eigenvalue weighted by Gasteiger charge is 2.18. The van der Waals surface area contributed by atoms with Crippen LogP contribution in [0, 0.1) is 5.92 Å². The van der Waals surface area contributed by atoms with E-state index >= 15 is 0 Å². The summed E-state index contributed by atoms with van der Waals surface area (Å²) >= 11 is 0. The third kappa shape index (κ3) is 7.74. The zero-order chi connectivity index (χ0) is 13.3. The molecule has 2 unspecified atom stereocenters. The molecule has 0 aromatic heterocycles. The predicted octanol–water partition coefficient (Wildman–Crippen LogP) is 1.89. The summed E-state index contributed by atoms with van der Waals surface area (Å²) in [5, 5.41) is 3.45. The van der Waals surface area contributed by atoms with E-state index in [-0.39, 0.29) is 0 Å². The van der Waals surface area contributed by atoms with Crippen molar-refractivity contribution in [2.24, 2.45) is 5.92 Å². The molecule has 2 atom stereocenters. The van der Waals surface area contributed by atoms with Crippen LogP contribution in [0.3, 0.4) is 0 Å². The Balaban J connectivity index is 4.15. The summed E-state index contributed by atoms with van der Waals surface area (Å²) < 4.78 is 0. The Bertz CT molecular complexity index is 171. The Morgan fingerprint density at radius 1 is 1.00 bits per heavy atom. The molecule has 0 radical (unpaired) electrons. The lowest BCUT2D eigenvalue weighted by Gasteiger charge is -2.34. The number of hydrogen-bond acceptors (Lipinski definition) is 3. The van der Waals surface area contributed by atoms with Crippen LogP contribution in [0.4, 0.5) is 0 Å². The van der Waals surface area contributed by atoms with Crippen molar-refractivity contribution in [3.05, 3.63) is 0 Å². The summed E-state index contributed by atoms with van der Waals surface area (Å²) in [5.41, 5.74) is 0. The molecule has 0 saturated heterocycles. The maximum absolute atomic E-state index is 3.45. The first-order chi connectivity index (χ1) is 8.02. The average molecular weight is 243 g/mol. The fraction of sp³-hybridized carbons (Fsp3) is 1.00. The lowest BCUT2D eigenvalue weighted by molar-refractivity contribution is 0.147. The molecule has 0 saturated carbocycles. The van der Waals surface area contributed by atoms with Gasteiger partial charge in [0.2, 0.25) is 0 Å². The first-order valence-corrected chi connectivity index (χ1v) is 7.12. The smallest absolute Gasteiger partial charge is 0.0112 e. The molecule has 0 rings (SSSR count). The van der Waals surface area contributed by atoms with E-state index < -0.39 is 0 Å². The van der Waals surface area contributed by atoms with Crippen molar-refractivity contribution in [3.63, 3.8) is 0 Å². The van der Waals surface area contributed by atoms with E-state index in [0.717, 1.165) is 19.6 Å². The maximum atomic E-state index is 3.45. The van der Waals surface area contributed by atoms with Crippen molar-refractivity contribution in [1.29, 1.82) is 0 Å². The number of nitrogens with one attached hydrogen (secondary N) is 1. The van der Waals surface area contributed by atoms with Crippen molar-refractivity contribution in [1.82, 2.24) is 15.1 Å². The van der Waals surface area contributed by atoms with Crippen molar-refractivity contribution in [3.8, 4) is 0 Å². The predicted molar refractivity (Wildman–Crippen MR) is 77.6 cm³/mol. The molecule has 104 valence electrons. The van der Waals surface area contributed by atoms with Crippen molar-refractivity contribution >= 4 is 0 Å². The van der Waals surface area contributed by atoms with E-state index in [2.05, 4.69) is 56.9 Å². The largest absolute Gasteiger partial charge is 0.317 e. The van der Waals surface area contributed by atoms with Gasteiger partial charge in [0.25, 0.3) is 0 Å². The molecule has 0 aliphatic heterocycles. The van der Waals surface area contributed by atoms with Gasteiger partial charge >= 0.3 is 0 Å². The number of nitrogens with zero attached hydrogens (tertiary/aromatic N) is 2. The molecule has 1 N–H and O–H groups in total. The summed E-state index contributed by atoms with van der Waals surface area (Å²) in [4.78, 5) is 4.90.